The Hall–Kier alpha value is -3.31. The molecule has 0 saturated carbocycles. The van der Waals surface area contributed by atoms with E-state index < -0.39 is 0 Å². The smallest absolute Gasteiger partial charge is 0.234 e. The zero-order valence-electron chi connectivity index (χ0n) is 17.0. The summed E-state index contributed by atoms with van der Waals surface area (Å²) in [4.78, 5) is 17.3. The molecular formula is C25H23N3OS. The van der Waals surface area contributed by atoms with E-state index in [0.29, 0.717) is 0 Å². The summed E-state index contributed by atoms with van der Waals surface area (Å²) in [6.07, 6.45) is 2.04. The van der Waals surface area contributed by atoms with E-state index in [4.69, 9.17) is 4.98 Å². The molecule has 0 aliphatic heterocycles. The number of hydrogen-bond donors (Lipinski definition) is 1. The average Bonchev–Trinajstić information content (AvgIpc) is 3.19. The summed E-state index contributed by atoms with van der Waals surface area (Å²) in [5.41, 5.74) is 6.12. The summed E-state index contributed by atoms with van der Waals surface area (Å²) in [6.45, 7) is 4.10. The number of aryl methyl sites for hydroxylation is 2. The van der Waals surface area contributed by atoms with Gasteiger partial charge in [-0.1, -0.05) is 78.0 Å². The van der Waals surface area contributed by atoms with Crippen molar-refractivity contribution in [3.63, 3.8) is 0 Å². The lowest BCUT2D eigenvalue weighted by Gasteiger charge is -2.10. The number of aromatic nitrogens is 2. The van der Waals surface area contributed by atoms with Crippen molar-refractivity contribution >= 4 is 23.4 Å². The summed E-state index contributed by atoms with van der Waals surface area (Å²) in [6, 6.07) is 26.1. The largest absolute Gasteiger partial charge is 0.325 e. The fraction of sp³-hybridized carbons (Fsp3) is 0.120. The first-order valence-corrected chi connectivity index (χ1v) is 10.8. The molecule has 0 aliphatic rings. The number of thioether (sulfide) groups is 1. The molecule has 1 aromatic heterocycles. The van der Waals surface area contributed by atoms with Gasteiger partial charge >= 0.3 is 0 Å². The Balaban J connectivity index is 1.58. The van der Waals surface area contributed by atoms with E-state index in [9.17, 15) is 4.79 Å². The predicted molar refractivity (Wildman–Crippen MR) is 124 cm³/mol. The van der Waals surface area contributed by atoms with Gasteiger partial charge in [0, 0.05) is 17.4 Å². The maximum Gasteiger partial charge on any atom is 0.234 e. The average molecular weight is 414 g/mol. The first kappa shape index (κ1) is 20.0. The van der Waals surface area contributed by atoms with Crippen molar-refractivity contribution in [2.45, 2.75) is 19.0 Å². The lowest BCUT2D eigenvalue weighted by Crippen LogP contribution is -2.14. The van der Waals surface area contributed by atoms with Gasteiger partial charge in [0.2, 0.25) is 5.91 Å². The van der Waals surface area contributed by atoms with Gasteiger partial charge in [0.15, 0.2) is 5.16 Å². The Morgan fingerprint density at radius 3 is 2.37 bits per heavy atom. The molecule has 1 N–H and O–H groups in total. The molecule has 0 atom stereocenters. The highest BCUT2D eigenvalue weighted by Gasteiger charge is 2.15. The highest BCUT2D eigenvalue weighted by Crippen LogP contribution is 2.28. The van der Waals surface area contributed by atoms with E-state index in [-0.39, 0.29) is 11.7 Å². The zero-order valence-corrected chi connectivity index (χ0v) is 17.8. The van der Waals surface area contributed by atoms with Gasteiger partial charge in [-0.25, -0.2) is 4.98 Å². The molecule has 3 aromatic carbocycles. The van der Waals surface area contributed by atoms with Gasteiger partial charge in [-0.2, -0.15) is 0 Å². The van der Waals surface area contributed by atoms with Crippen LogP contribution in [0.2, 0.25) is 0 Å². The second kappa shape index (κ2) is 9.01. The van der Waals surface area contributed by atoms with Gasteiger partial charge in [0.25, 0.3) is 0 Å². The van der Waals surface area contributed by atoms with Crippen LogP contribution in [-0.2, 0) is 4.79 Å². The fourth-order valence-corrected chi connectivity index (χ4v) is 3.97. The van der Waals surface area contributed by atoms with Gasteiger partial charge in [-0.05, 0) is 37.6 Å². The van der Waals surface area contributed by atoms with Crippen molar-refractivity contribution in [1.82, 2.24) is 9.55 Å². The predicted octanol–water partition coefficient (Wildman–Crippen LogP) is 5.89. The van der Waals surface area contributed by atoms with Crippen LogP contribution in [0.1, 0.15) is 11.1 Å². The number of nitrogens with zero attached hydrogens (tertiary/aromatic N) is 2. The maximum atomic E-state index is 12.5. The number of para-hydroxylation sites is 1. The Bertz CT molecular complexity index is 1150. The molecule has 5 heteroatoms. The normalized spacial score (nSPS) is 10.7. The number of imidazole rings is 1. The first-order chi connectivity index (χ1) is 14.6. The Labute approximate surface area is 181 Å². The lowest BCUT2D eigenvalue weighted by molar-refractivity contribution is -0.113. The highest BCUT2D eigenvalue weighted by atomic mass is 32.2. The summed E-state index contributed by atoms with van der Waals surface area (Å²) < 4.78 is 2.07. The summed E-state index contributed by atoms with van der Waals surface area (Å²) in [5, 5.41) is 3.75. The van der Waals surface area contributed by atoms with Crippen molar-refractivity contribution in [2.75, 3.05) is 11.1 Å². The fourth-order valence-electron chi connectivity index (χ4n) is 3.18. The summed E-state index contributed by atoms with van der Waals surface area (Å²) >= 11 is 1.44. The number of amides is 1. The van der Waals surface area contributed by atoms with Crippen LogP contribution in [0.3, 0.4) is 0 Å². The van der Waals surface area contributed by atoms with Crippen LogP contribution >= 0.6 is 11.8 Å². The van der Waals surface area contributed by atoms with E-state index in [1.54, 1.807) is 0 Å². The Kier molecular flexibility index (Phi) is 6.00. The van der Waals surface area contributed by atoms with Crippen molar-refractivity contribution in [2.24, 2.45) is 0 Å². The van der Waals surface area contributed by atoms with Crippen molar-refractivity contribution in [3.05, 3.63) is 96.2 Å². The third-order valence-electron chi connectivity index (χ3n) is 4.79. The van der Waals surface area contributed by atoms with E-state index in [2.05, 4.69) is 28.9 Å². The second-order valence-electron chi connectivity index (χ2n) is 7.13. The third kappa shape index (κ3) is 4.63. The van der Waals surface area contributed by atoms with Crippen LogP contribution in [-0.4, -0.2) is 21.2 Å². The third-order valence-corrected chi connectivity index (χ3v) is 5.74. The van der Waals surface area contributed by atoms with Crippen molar-refractivity contribution in [3.8, 4) is 16.9 Å². The number of hydrogen-bond acceptors (Lipinski definition) is 3. The van der Waals surface area contributed by atoms with Gasteiger partial charge in [-0.3, -0.25) is 9.36 Å². The molecule has 4 aromatic rings. The standard InChI is InChI=1S/C25H23N3OS/c1-18-12-14-21(15-13-18)26-24(29)17-30-25-27-22(20-9-4-3-5-10-20)16-28(25)23-11-7-6-8-19(23)2/h3-16H,17H2,1-2H3,(H,26,29). The van der Waals surface area contributed by atoms with Crippen LogP contribution in [0.15, 0.2) is 90.2 Å². The van der Waals surface area contributed by atoms with Crippen molar-refractivity contribution < 1.29 is 4.79 Å². The lowest BCUT2D eigenvalue weighted by atomic mass is 10.2. The first-order valence-electron chi connectivity index (χ1n) is 9.80. The Morgan fingerprint density at radius 2 is 1.63 bits per heavy atom. The minimum absolute atomic E-state index is 0.0514. The quantitative estimate of drug-likeness (QED) is 0.401. The SMILES string of the molecule is Cc1ccc(NC(=O)CSc2nc(-c3ccccc3)cn2-c2ccccc2C)cc1. The van der Waals surface area contributed by atoms with Crippen LogP contribution < -0.4 is 5.32 Å². The molecule has 0 bridgehead atoms. The number of benzene rings is 3. The monoisotopic (exact) mass is 413 g/mol. The van der Waals surface area contributed by atoms with Crippen LogP contribution in [0.5, 0.6) is 0 Å². The topological polar surface area (TPSA) is 46.9 Å². The molecule has 0 spiro atoms. The summed E-state index contributed by atoms with van der Waals surface area (Å²) in [7, 11) is 0. The molecule has 0 saturated heterocycles. The molecule has 1 amide bonds. The molecule has 4 nitrogen and oxygen atoms in total. The molecule has 0 aliphatic carbocycles. The van der Waals surface area contributed by atoms with Gasteiger partial charge in [-0.15, -0.1) is 0 Å². The van der Waals surface area contributed by atoms with E-state index >= 15 is 0 Å². The van der Waals surface area contributed by atoms with E-state index in [1.165, 1.54) is 11.8 Å². The number of rotatable bonds is 6. The van der Waals surface area contributed by atoms with Gasteiger partial charge < -0.3 is 5.32 Å². The minimum Gasteiger partial charge on any atom is -0.325 e. The molecule has 0 unspecified atom stereocenters. The zero-order chi connectivity index (χ0) is 20.9. The number of nitrogens with one attached hydrogen (secondary N) is 1. The molecule has 0 fully saturated rings. The van der Waals surface area contributed by atoms with Crippen molar-refractivity contribution in [1.29, 1.82) is 0 Å². The molecule has 0 radical (unpaired) electrons. The molecule has 150 valence electrons. The Morgan fingerprint density at radius 1 is 0.933 bits per heavy atom. The molecular weight excluding hydrogens is 390 g/mol. The summed E-state index contributed by atoms with van der Waals surface area (Å²) in [5.74, 6) is 0.231. The van der Waals surface area contributed by atoms with Crippen LogP contribution in [0, 0.1) is 13.8 Å². The minimum atomic E-state index is -0.0514. The molecule has 4 rings (SSSR count). The highest BCUT2D eigenvalue weighted by molar-refractivity contribution is 7.99. The second-order valence-corrected chi connectivity index (χ2v) is 8.08. The van der Waals surface area contributed by atoms with E-state index in [0.717, 1.165) is 38.9 Å². The van der Waals surface area contributed by atoms with Gasteiger partial charge in [0.05, 0.1) is 17.1 Å². The van der Waals surface area contributed by atoms with Crippen LogP contribution in [0.4, 0.5) is 5.69 Å². The number of anilines is 1. The van der Waals surface area contributed by atoms with E-state index in [1.807, 2.05) is 79.9 Å². The molecule has 1 heterocycles. The maximum absolute atomic E-state index is 12.5. The van der Waals surface area contributed by atoms with Crippen LogP contribution in [0.25, 0.3) is 16.9 Å². The molecule has 30 heavy (non-hydrogen) atoms. The number of carbonyl (C=O) groups is 1. The van der Waals surface area contributed by atoms with Gasteiger partial charge in [0.1, 0.15) is 0 Å². The number of carbonyl (C=O) groups excluding carboxylic acids is 1.